The number of hydrogen-bond acceptors (Lipinski definition) is 5. The number of hydrogen-bond donors (Lipinski definition) is 2. The molecule has 2 N–H and O–H groups in total. The number of alkyl carbamates (subject to hydrolysis) is 1. The summed E-state index contributed by atoms with van der Waals surface area (Å²) in [4.78, 5) is 39.8. The molecular weight excluding hydrogens is 508 g/mol. The molecule has 8 nitrogen and oxygen atoms in total. The lowest BCUT2D eigenvalue weighted by Gasteiger charge is -2.31. The van der Waals surface area contributed by atoms with E-state index in [0.29, 0.717) is 19.4 Å². The summed E-state index contributed by atoms with van der Waals surface area (Å²) in [5, 5.41) is 12.1. The highest BCUT2D eigenvalue weighted by Crippen LogP contribution is 2.44. The zero-order chi connectivity index (χ0) is 28.1. The minimum absolute atomic E-state index is 0.113. The van der Waals surface area contributed by atoms with Crippen molar-refractivity contribution in [2.75, 3.05) is 13.2 Å². The molecule has 1 aliphatic heterocycles. The third-order valence-corrected chi connectivity index (χ3v) is 7.78. The van der Waals surface area contributed by atoms with E-state index in [1.54, 1.807) is 11.8 Å². The lowest BCUT2D eigenvalue weighted by molar-refractivity contribution is -0.142. The van der Waals surface area contributed by atoms with E-state index < -0.39 is 30.3 Å². The van der Waals surface area contributed by atoms with Gasteiger partial charge in [0.15, 0.2) is 0 Å². The van der Waals surface area contributed by atoms with E-state index in [9.17, 15) is 19.5 Å². The van der Waals surface area contributed by atoms with Gasteiger partial charge in [-0.1, -0.05) is 78.9 Å². The van der Waals surface area contributed by atoms with Gasteiger partial charge in [-0.25, -0.2) is 4.79 Å². The summed E-state index contributed by atoms with van der Waals surface area (Å²) in [6.07, 6.45) is -0.221. The molecule has 0 aromatic heterocycles. The molecule has 208 valence electrons. The second kappa shape index (κ2) is 12.3. The quantitative estimate of drug-likeness (QED) is 0.375. The van der Waals surface area contributed by atoms with Crippen LogP contribution in [0.4, 0.5) is 4.79 Å². The first-order chi connectivity index (χ1) is 19.4. The van der Waals surface area contributed by atoms with Crippen LogP contribution in [-0.4, -0.2) is 59.3 Å². The van der Waals surface area contributed by atoms with Crippen LogP contribution in [0.5, 0.6) is 0 Å². The molecule has 0 spiro atoms. The average Bonchev–Trinajstić information content (AvgIpc) is 3.55. The van der Waals surface area contributed by atoms with Crippen LogP contribution in [0.2, 0.25) is 0 Å². The number of nitrogens with one attached hydrogen (secondary N) is 1. The van der Waals surface area contributed by atoms with Crippen molar-refractivity contribution >= 4 is 18.0 Å². The molecule has 2 unspecified atom stereocenters. The largest absolute Gasteiger partial charge is 0.481 e. The standard InChI is InChI=1S/C32H34N2O6/c1-21(39-19-22-10-3-2-4-11-22)30(31(37)34-17-9-12-23(34)18-29(35)36)33-32(38)40-20-28-26-15-7-5-13-24(26)25-14-6-8-16-27(25)28/h2-8,10-11,13-16,21,23,28,30H,9,12,17-20H2,1H3,(H,33,38)(H,35,36)/t21?,23-,30?/m0/s1. The number of ether oxygens (including phenoxy) is 2. The third kappa shape index (κ3) is 6.02. The Morgan fingerprint density at radius 3 is 2.23 bits per heavy atom. The lowest BCUT2D eigenvalue weighted by atomic mass is 9.98. The van der Waals surface area contributed by atoms with E-state index in [-0.39, 0.29) is 31.5 Å². The van der Waals surface area contributed by atoms with Crippen LogP contribution in [0, 0.1) is 0 Å². The number of nitrogens with zero attached hydrogens (tertiary/aromatic N) is 1. The minimum atomic E-state index is -1.03. The molecule has 40 heavy (non-hydrogen) atoms. The van der Waals surface area contributed by atoms with Crippen molar-refractivity contribution in [1.82, 2.24) is 10.2 Å². The van der Waals surface area contributed by atoms with Crippen LogP contribution >= 0.6 is 0 Å². The summed E-state index contributed by atoms with van der Waals surface area (Å²) in [5.41, 5.74) is 5.38. The van der Waals surface area contributed by atoms with Gasteiger partial charge in [0.2, 0.25) is 5.91 Å². The predicted molar refractivity (Wildman–Crippen MR) is 150 cm³/mol. The van der Waals surface area contributed by atoms with E-state index >= 15 is 0 Å². The maximum atomic E-state index is 13.7. The van der Waals surface area contributed by atoms with Crippen LogP contribution in [0.15, 0.2) is 78.9 Å². The topological polar surface area (TPSA) is 105 Å². The molecule has 1 saturated heterocycles. The fourth-order valence-electron chi connectivity index (χ4n) is 5.76. The van der Waals surface area contributed by atoms with Gasteiger partial charge >= 0.3 is 12.1 Å². The Kier molecular flexibility index (Phi) is 8.45. The molecule has 5 rings (SSSR count). The van der Waals surface area contributed by atoms with Gasteiger partial charge in [0.1, 0.15) is 12.6 Å². The van der Waals surface area contributed by atoms with Gasteiger partial charge in [-0.2, -0.15) is 0 Å². The molecule has 3 aromatic rings. The highest BCUT2D eigenvalue weighted by atomic mass is 16.5. The van der Waals surface area contributed by atoms with Gasteiger partial charge in [0, 0.05) is 18.5 Å². The molecule has 0 radical (unpaired) electrons. The third-order valence-electron chi connectivity index (χ3n) is 7.78. The van der Waals surface area contributed by atoms with Crippen molar-refractivity contribution in [3.63, 3.8) is 0 Å². The van der Waals surface area contributed by atoms with Gasteiger partial charge in [-0.3, -0.25) is 9.59 Å². The smallest absolute Gasteiger partial charge is 0.407 e. The number of fused-ring (bicyclic) bond motifs is 3. The van der Waals surface area contributed by atoms with Crippen molar-refractivity contribution in [2.24, 2.45) is 0 Å². The van der Waals surface area contributed by atoms with E-state index in [0.717, 1.165) is 27.8 Å². The van der Waals surface area contributed by atoms with Crippen LogP contribution in [0.1, 0.15) is 48.8 Å². The summed E-state index contributed by atoms with van der Waals surface area (Å²) in [6.45, 7) is 2.55. The van der Waals surface area contributed by atoms with Crippen LogP contribution in [0.25, 0.3) is 11.1 Å². The van der Waals surface area contributed by atoms with Crippen molar-refractivity contribution in [3.8, 4) is 11.1 Å². The molecule has 0 saturated carbocycles. The van der Waals surface area contributed by atoms with E-state index in [4.69, 9.17) is 9.47 Å². The van der Waals surface area contributed by atoms with Crippen LogP contribution < -0.4 is 5.32 Å². The Balaban J connectivity index is 1.29. The Labute approximate surface area is 233 Å². The molecule has 2 aliphatic rings. The number of likely N-dealkylation sites (tertiary alicyclic amines) is 1. The van der Waals surface area contributed by atoms with Crippen molar-refractivity contribution in [1.29, 1.82) is 0 Å². The highest BCUT2D eigenvalue weighted by Gasteiger charge is 2.38. The summed E-state index contributed by atoms with van der Waals surface area (Å²) in [7, 11) is 0. The summed E-state index contributed by atoms with van der Waals surface area (Å²) in [5.74, 6) is -1.44. The van der Waals surface area contributed by atoms with Gasteiger partial charge in [0.05, 0.1) is 19.1 Å². The first kappa shape index (κ1) is 27.4. The molecule has 8 heteroatoms. The molecule has 0 bridgehead atoms. The highest BCUT2D eigenvalue weighted by molar-refractivity contribution is 5.87. The summed E-state index contributed by atoms with van der Waals surface area (Å²) < 4.78 is 11.7. The number of carboxylic acids is 1. The van der Waals surface area contributed by atoms with E-state index in [2.05, 4.69) is 17.4 Å². The van der Waals surface area contributed by atoms with E-state index in [1.165, 1.54) is 0 Å². The number of carboxylic acid groups (broad SMARTS) is 1. The maximum absolute atomic E-state index is 13.7. The molecule has 3 atom stereocenters. The van der Waals surface area contributed by atoms with Gasteiger partial charge in [-0.05, 0) is 47.6 Å². The Morgan fingerprint density at radius 2 is 1.57 bits per heavy atom. The maximum Gasteiger partial charge on any atom is 0.407 e. The van der Waals surface area contributed by atoms with Crippen molar-refractivity contribution < 1.29 is 29.0 Å². The monoisotopic (exact) mass is 542 g/mol. The molecule has 2 amide bonds. The second-order valence-corrected chi connectivity index (χ2v) is 10.4. The zero-order valence-corrected chi connectivity index (χ0v) is 22.5. The molecule has 1 aliphatic carbocycles. The lowest BCUT2D eigenvalue weighted by Crippen LogP contribution is -2.55. The zero-order valence-electron chi connectivity index (χ0n) is 22.5. The molecule has 1 fully saturated rings. The SMILES string of the molecule is CC(OCc1ccccc1)C(NC(=O)OCC1c2ccccc2-c2ccccc21)C(=O)N1CCC[C@H]1CC(=O)O. The van der Waals surface area contributed by atoms with Crippen LogP contribution in [-0.2, 0) is 25.7 Å². The fourth-order valence-corrected chi connectivity index (χ4v) is 5.76. The average molecular weight is 543 g/mol. The number of carbonyl (C=O) groups is 3. The molecule has 3 aromatic carbocycles. The van der Waals surface area contributed by atoms with Crippen molar-refractivity contribution in [3.05, 3.63) is 95.6 Å². The van der Waals surface area contributed by atoms with Gasteiger partial charge in [-0.15, -0.1) is 0 Å². The summed E-state index contributed by atoms with van der Waals surface area (Å²) in [6, 6.07) is 24.3. The number of rotatable bonds is 10. The van der Waals surface area contributed by atoms with Crippen molar-refractivity contribution in [2.45, 2.75) is 56.9 Å². The Hall–Kier alpha value is -4.17. The predicted octanol–water partition coefficient (Wildman–Crippen LogP) is 4.96. The Bertz CT molecular complexity index is 1310. The second-order valence-electron chi connectivity index (χ2n) is 10.4. The van der Waals surface area contributed by atoms with Crippen LogP contribution in [0.3, 0.4) is 0 Å². The molecule has 1 heterocycles. The normalized spacial score (nSPS) is 17.5. The number of aliphatic carboxylic acids is 1. The number of benzene rings is 3. The van der Waals surface area contributed by atoms with E-state index in [1.807, 2.05) is 66.7 Å². The fraction of sp³-hybridized carbons (Fsp3) is 0.344. The summed E-state index contributed by atoms with van der Waals surface area (Å²) >= 11 is 0. The van der Waals surface area contributed by atoms with Gasteiger partial charge in [0.25, 0.3) is 0 Å². The Morgan fingerprint density at radius 1 is 0.950 bits per heavy atom. The minimum Gasteiger partial charge on any atom is -0.481 e. The first-order valence-electron chi connectivity index (χ1n) is 13.7. The first-order valence-corrected chi connectivity index (χ1v) is 13.7. The van der Waals surface area contributed by atoms with Gasteiger partial charge < -0.3 is 24.8 Å². The number of carbonyl (C=O) groups excluding carboxylic acids is 2. The number of amides is 2. The molecular formula is C32H34N2O6.